The summed E-state index contributed by atoms with van der Waals surface area (Å²) in [6.45, 7) is 1.76. The summed E-state index contributed by atoms with van der Waals surface area (Å²) in [6.07, 6.45) is 1.63. The van der Waals surface area contributed by atoms with Crippen LogP contribution in [0.5, 0.6) is 5.75 Å². The second-order valence-corrected chi connectivity index (χ2v) is 4.93. The van der Waals surface area contributed by atoms with Gasteiger partial charge in [-0.3, -0.25) is 10.1 Å². The molecule has 0 saturated heterocycles. The van der Waals surface area contributed by atoms with Crippen molar-refractivity contribution in [2.45, 2.75) is 13.5 Å². The SMILES string of the molecule is Cc1c(OCc2ncc(-c3ccccc3)o2)cccc1[N+](=O)[O-]. The number of nitro groups is 1. The minimum absolute atomic E-state index is 0.0277. The largest absolute Gasteiger partial charge is 0.483 e. The highest BCUT2D eigenvalue weighted by molar-refractivity contribution is 5.55. The summed E-state index contributed by atoms with van der Waals surface area (Å²) in [5.74, 6) is 1.51. The molecule has 0 spiro atoms. The van der Waals surface area contributed by atoms with Crippen molar-refractivity contribution < 1.29 is 14.1 Å². The third kappa shape index (κ3) is 3.21. The second kappa shape index (κ2) is 6.31. The molecule has 2 aromatic carbocycles. The van der Waals surface area contributed by atoms with E-state index in [-0.39, 0.29) is 12.3 Å². The van der Waals surface area contributed by atoms with Crippen molar-refractivity contribution >= 4 is 5.69 Å². The molecule has 0 fully saturated rings. The Morgan fingerprint density at radius 2 is 1.96 bits per heavy atom. The molecule has 3 aromatic rings. The molecule has 0 bridgehead atoms. The summed E-state index contributed by atoms with van der Waals surface area (Å²) in [7, 11) is 0. The van der Waals surface area contributed by atoms with Gasteiger partial charge in [0, 0.05) is 11.6 Å². The summed E-state index contributed by atoms with van der Waals surface area (Å²) < 4.78 is 11.2. The van der Waals surface area contributed by atoms with Crippen LogP contribution in [0.15, 0.2) is 59.1 Å². The van der Waals surface area contributed by atoms with E-state index in [1.54, 1.807) is 25.3 Å². The second-order valence-electron chi connectivity index (χ2n) is 4.93. The topological polar surface area (TPSA) is 78.4 Å². The minimum atomic E-state index is -0.430. The zero-order valence-electron chi connectivity index (χ0n) is 12.4. The predicted molar refractivity (Wildman–Crippen MR) is 84.1 cm³/mol. The average Bonchev–Trinajstić information content (AvgIpc) is 3.03. The highest BCUT2D eigenvalue weighted by atomic mass is 16.6. The quantitative estimate of drug-likeness (QED) is 0.523. The first kappa shape index (κ1) is 14.8. The lowest BCUT2D eigenvalue weighted by molar-refractivity contribution is -0.385. The Labute approximate surface area is 132 Å². The van der Waals surface area contributed by atoms with Gasteiger partial charge in [-0.15, -0.1) is 0 Å². The Balaban J connectivity index is 1.74. The van der Waals surface area contributed by atoms with Crippen LogP contribution in [-0.4, -0.2) is 9.91 Å². The summed E-state index contributed by atoms with van der Waals surface area (Å²) in [6, 6.07) is 14.3. The van der Waals surface area contributed by atoms with Gasteiger partial charge in [0.2, 0.25) is 5.89 Å². The van der Waals surface area contributed by atoms with Gasteiger partial charge in [-0.25, -0.2) is 4.98 Å². The van der Waals surface area contributed by atoms with Crippen molar-refractivity contribution in [3.8, 4) is 17.1 Å². The van der Waals surface area contributed by atoms with Gasteiger partial charge in [0.15, 0.2) is 12.4 Å². The van der Waals surface area contributed by atoms with Crippen LogP contribution in [0.4, 0.5) is 5.69 Å². The van der Waals surface area contributed by atoms with Crippen molar-refractivity contribution in [2.24, 2.45) is 0 Å². The van der Waals surface area contributed by atoms with E-state index in [2.05, 4.69) is 4.98 Å². The maximum Gasteiger partial charge on any atom is 0.276 e. The summed E-state index contributed by atoms with van der Waals surface area (Å²) in [4.78, 5) is 14.7. The van der Waals surface area contributed by atoms with Crippen LogP contribution in [0.2, 0.25) is 0 Å². The van der Waals surface area contributed by atoms with Gasteiger partial charge >= 0.3 is 0 Å². The molecule has 3 rings (SSSR count). The van der Waals surface area contributed by atoms with Gasteiger partial charge in [-0.05, 0) is 13.0 Å². The van der Waals surface area contributed by atoms with Crippen LogP contribution in [0, 0.1) is 17.0 Å². The van der Waals surface area contributed by atoms with E-state index in [1.165, 1.54) is 6.07 Å². The van der Waals surface area contributed by atoms with Gasteiger partial charge in [0.05, 0.1) is 16.7 Å². The Kier molecular flexibility index (Phi) is 4.05. The Bertz CT molecular complexity index is 828. The molecular weight excluding hydrogens is 296 g/mol. The third-order valence-electron chi connectivity index (χ3n) is 3.42. The molecule has 1 aromatic heterocycles. The molecule has 0 N–H and O–H groups in total. The standard InChI is InChI=1S/C17H14N2O4/c1-12-14(19(20)21)8-5-9-15(12)22-11-17-18-10-16(23-17)13-6-3-2-4-7-13/h2-10H,11H2,1H3. The van der Waals surface area contributed by atoms with Crippen LogP contribution < -0.4 is 4.74 Å². The van der Waals surface area contributed by atoms with Gasteiger partial charge in [-0.2, -0.15) is 0 Å². The zero-order valence-corrected chi connectivity index (χ0v) is 12.4. The number of oxazole rings is 1. The number of rotatable bonds is 5. The summed E-state index contributed by atoms with van der Waals surface area (Å²) >= 11 is 0. The molecule has 6 nitrogen and oxygen atoms in total. The highest BCUT2D eigenvalue weighted by Gasteiger charge is 2.15. The molecule has 0 aliphatic carbocycles. The highest BCUT2D eigenvalue weighted by Crippen LogP contribution is 2.28. The number of aromatic nitrogens is 1. The number of hydrogen-bond donors (Lipinski definition) is 0. The molecule has 0 unspecified atom stereocenters. The fourth-order valence-corrected chi connectivity index (χ4v) is 2.21. The Hall–Kier alpha value is -3.15. The molecular formula is C17H14N2O4. The lowest BCUT2D eigenvalue weighted by atomic mass is 10.2. The molecule has 0 atom stereocenters. The van der Waals surface area contributed by atoms with E-state index < -0.39 is 4.92 Å². The summed E-state index contributed by atoms with van der Waals surface area (Å²) in [5, 5.41) is 10.9. The maximum atomic E-state index is 10.9. The minimum Gasteiger partial charge on any atom is -0.483 e. The van der Waals surface area contributed by atoms with Crippen molar-refractivity contribution in [3.63, 3.8) is 0 Å². The zero-order chi connectivity index (χ0) is 16.2. The fraction of sp³-hybridized carbons (Fsp3) is 0.118. The van der Waals surface area contributed by atoms with Crippen LogP contribution in [0.25, 0.3) is 11.3 Å². The van der Waals surface area contributed by atoms with Gasteiger partial charge in [0.1, 0.15) is 5.75 Å². The van der Waals surface area contributed by atoms with E-state index in [0.717, 1.165) is 5.56 Å². The molecule has 6 heteroatoms. The monoisotopic (exact) mass is 310 g/mol. The number of benzene rings is 2. The summed E-state index contributed by atoms with van der Waals surface area (Å²) in [5.41, 5.74) is 1.44. The van der Waals surface area contributed by atoms with Crippen LogP contribution in [-0.2, 0) is 6.61 Å². The molecule has 1 heterocycles. The third-order valence-corrected chi connectivity index (χ3v) is 3.42. The van der Waals surface area contributed by atoms with Crippen molar-refractivity contribution in [1.82, 2.24) is 4.98 Å². The van der Waals surface area contributed by atoms with Crippen LogP contribution in [0.3, 0.4) is 0 Å². The lowest BCUT2D eigenvalue weighted by Gasteiger charge is -2.07. The van der Waals surface area contributed by atoms with Crippen LogP contribution >= 0.6 is 0 Å². The van der Waals surface area contributed by atoms with Gasteiger partial charge in [0.25, 0.3) is 5.69 Å². The van der Waals surface area contributed by atoms with E-state index in [4.69, 9.17) is 9.15 Å². The van der Waals surface area contributed by atoms with E-state index in [9.17, 15) is 10.1 Å². The van der Waals surface area contributed by atoms with E-state index >= 15 is 0 Å². The number of nitro benzene ring substituents is 1. The molecule has 0 saturated carbocycles. The fourth-order valence-electron chi connectivity index (χ4n) is 2.21. The first-order valence-electron chi connectivity index (χ1n) is 7.02. The van der Waals surface area contributed by atoms with Crippen molar-refractivity contribution in [1.29, 1.82) is 0 Å². The van der Waals surface area contributed by atoms with Gasteiger partial charge < -0.3 is 9.15 Å². The van der Waals surface area contributed by atoms with Crippen molar-refractivity contribution in [2.75, 3.05) is 0 Å². The number of nitrogens with zero attached hydrogens (tertiary/aromatic N) is 2. The first-order chi connectivity index (χ1) is 11.1. The molecule has 0 radical (unpaired) electrons. The molecule has 23 heavy (non-hydrogen) atoms. The first-order valence-corrected chi connectivity index (χ1v) is 7.02. The van der Waals surface area contributed by atoms with Crippen molar-refractivity contribution in [3.05, 3.63) is 76.3 Å². The molecule has 0 aliphatic heterocycles. The lowest BCUT2D eigenvalue weighted by Crippen LogP contribution is -1.99. The maximum absolute atomic E-state index is 10.9. The Morgan fingerprint density at radius 1 is 1.17 bits per heavy atom. The molecule has 0 amide bonds. The number of hydrogen-bond acceptors (Lipinski definition) is 5. The van der Waals surface area contributed by atoms with E-state index in [1.807, 2.05) is 30.3 Å². The average molecular weight is 310 g/mol. The molecule has 116 valence electrons. The predicted octanol–water partition coefficient (Wildman–Crippen LogP) is 4.14. The van der Waals surface area contributed by atoms with Crippen LogP contribution in [0.1, 0.15) is 11.5 Å². The Morgan fingerprint density at radius 3 is 2.70 bits per heavy atom. The number of ether oxygens (including phenoxy) is 1. The van der Waals surface area contributed by atoms with Gasteiger partial charge in [-0.1, -0.05) is 36.4 Å². The normalized spacial score (nSPS) is 10.5. The van der Waals surface area contributed by atoms with E-state index in [0.29, 0.717) is 23.0 Å². The smallest absolute Gasteiger partial charge is 0.276 e. The molecule has 0 aliphatic rings.